The average Bonchev–Trinajstić information content (AvgIpc) is 2.36. The quantitative estimate of drug-likeness (QED) is 0.661. The minimum absolute atomic E-state index is 0.0716. The molecule has 0 radical (unpaired) electrons. The van der Waals surface area contributed by atoms with Crippen molar-refractivity contribution in [2.45, 2.75) is 25.3 Å². The topological polar surface area (TPSA) is 81.5 Å². The summed E-state index contributed by atoms with van der Waals surface area (Å²) in [6, 6.07) is 1.65. The monoisotopic (exact) mass is 380 g/mol. The highest BCUT2D eigenvalue weighted by atomic mass is 79.9. The number of halogens is 2. The lowest BCUT2D eigenvalue weighted by Gasteiger charge is -2.17. The summed E-state index contributed by atoms with van der Waals surface area (Å²) in [5.41, 5.74) is 12.5. The second kappa shape index (κ2) is 7.33. The Morgan fingerprint density at radius 2 is 2.00 bits per heavy atom. The van der Waals surface area contributed by atoms with Gasteiger partial charge in [0.15, 0.2) is 11.5 Å². The first-order valence-corrected chi connectivity index (χ1v) is 7.32. The molecule has 0 aliphatic carbocycles. The molecule has 1 atom stereocenters. The Kier molecular flexibility index (Phi) is 6.42. The van der Waals surface area contributed by atoms with Crippen LogP contribution in [0.15, 0.2) is 15.0 Å². The van der Waals surface area contributed by atoms with Crippen molar-refractivity contribution in [2.75, 3.05) is 13.7 Å². The molecule has 5 N–H and O–H groups in total. The van der Waals surface area contributed by atoms with Gasteiger partial charge in [-0.3, -0.25) is 0 Å². The molecule has 0 unspecified atom stereocenters. The number of unbranched alkanes of at least 4 members (excludes halogenated alkanes) is 1. The zero-order chi connectivity index (χ0) is 13.7. The Bertz CT molecular complexity index is 414. The van der Waals surface area contributed by atoms with E-state index in [1.165, 1.54) is 7.11 Å². The zero-order valence-electron chi connectivity index (χ0n) is 10.2. The number of aromatic hydroxyl groups is 1. The van der Waals surface area contributed by atoms with Gasteiger partial charge in [0.05, 0.1) is 11.6 Å². The maximum absolute atomic E-state index is 9.84. The van der Waals surface area contributed by atoms with Crippen LogP contribution in [-0.2, 0) is 0 Å². The minimum Gasteiger partial charge on any atom is -0.503 e. The Morgan fingerprint density at radius 1 is 1.33 bits per heavy atom. The molecule has 0 spiro atoms. The number of hydrogen-bond donors (Lipinski definition) is 3. The highest BCUT2D eigenvalue weighted by Crippen LogP contribution is 2.43. The molecular weight excluding hydrogens is 364 g/mol. The van der Waals surface area contributed by atoms with Crippen molar-refractivity contribution in [1.82, 2.24) is 0 Å². The van der Waals surface area contributed by atoms with Gasteiger partial charge < -0.3 is 21.3 Å². The van der Waals surface area contributed by atoms with Crippen LogP contribution >= 0.6 is 31.9 Å². The summed E-state index contributed by atoms with van der Waals surface area (Å²) in [6.07, 6.45) is 2.78. The van der Waals surface area contributed by atoms with Crippen LogP contribution in [0, 0.1) is 0 Å². The van der Waals surface area contributed by atoms with Gasteiger partial charge in [0, 0.05) is 10.5 Å². The summed E-state index contributed by atoms with van der Waals surface area (Å²) in [5.74, 6) is 0.483. The van der Waals surface area contributed by atoms with E-state index in [0.29, 0.717) is 16.8 Å². The Labute approximate surface area is 124 Å². The summed E-state index contributed by atoms with van der Waals surface area (Å²) in [5, 5.41) is 9.84. The molecule has 18 heavy (non-hydrogen) atoms. The highest BCUT2D eigenvalue weighted by molar-refractivity contribution is 9.13. The summed E-state index contributed by atoms with van der Waals surface area (Å²) < 4.78 is 6.45. The zero-order valence-corrected chi connectivity index (χ0v) is 13.4. The maximum Gasteiger partial charge on any atom is 0.173 e. The van der Waals surface area contributed by atoms with E-state index in [1.54, 1.807) is 6.07 Å². The van der Waals surface area contributed by atoms with Crippen molar-refractivity contribution < 1.29 is 9.84 Å². The first kappa shape index (κ1) is 15.8. The van der Waals surface area contributed by atoms with Crippen molar-refractivity contribution in [3.8, 4) is 11.5 Å². The lowest BCUT2D eigenvalue weighted by Crippen LogP contribution is -2.12. The molecule has 102 valence electrons. The number of methoxy groups -OCH3 is 1. The van der Waals surface area contributed by atoms with E-state index >= 15 is 0 Å². The molecule has 6 heteroatoms. The summed E-state index contributed by atoms with van der Waals surface area (Å²) in [7, 11) is 1.51. The van der Waals surface area contributed by atoms with E-state index in [0.717, 1.165) is 29.3 Å². The van der Waals surface area contributed by atoms with Gasteiger partial charge >= 0.3 is 0 Å². The van der Waals surface area contributed by atoms with Crippen LogP contribution in [0.25, 0.3) is 0 Å². The predicted molar refractivity (Wildman–Crippen MR) is 79.9 cm³/mol. The number of nitrogens with two attached hydrogens (primary N) is 2. The number of phenols is 1. The van der Waals surface area contributed by atoms with Crippen LogP contribution in [0.3, 0.4) is 0 Å². The number of ether oxygens (including phenoxy) is 1. The smallest absolute Gasteiger partial charge is 0.173 e. The fraction of sp³-hybridized carbons (Fsp3) is 0.500. The van der Waals surface area contributed by atoms with Gasteiger partial charge in [-0.05, 0) is 62.9 Å². The van der Waals surface area contributed by atoms with E-state index in [2.05, 4.69) is 31.9 Å². The van der Waals surface area contributed by atoms with Gasteiger partial charge in [0.1, 0.15) is 0 Å². The van der Waals surface area contributed by atoms with Crippen molar-refractivity contribution in [1.29, 1.82) is 0 Å². The summed E-state index contributed by atoms with van der Waals surface area (Å²) >= 11 is 6.76. The third-order valence-corrected chi connectivity index (χ3v) is 4.92. The largest absolute Gasteiger partial charge is 0.503 e. The van der Waals surface area contributed by atoms with Crippen LogP contribution in [-0.4, -0.2) is 18.8 Å². The Balaban J connectivity index is 2.97. The molecular formula is C12H18Br2N2O2. The standard InChI is InChI=1S/C12H18Br2N2O2/c1-18-9-6-7(8(16)4-2-3-5-15)10(13)11(14)12(9)17/h6,8,17H,2-5,15-16H2,1H3/t8-/m1/s1. The van der Waals surface area contributed by atoms with Crippen LogP contribution in [0.5, 0.6) is 11.5 Å². The fourth-order valence-corrected chi connectivity index (χ4v) is 2.72. The molecule has 1 aromatic carbocycles. The molecule has 0 aliphatic rings. The first-order chi connectivity index (χ1) is 8.52. The molecule has 4 nitrogen and oxygen atoms in total. The number of phenolic OH excluding ortho intramolecular Hbond substituents is 1. The summed E-state index contributed by atoms with van der Waals surface area (Å²) in [4.78, 5) is 0. The molecule has 0 aromatic heterocycles. The van der Waals surface area contributed by atoms with E-state index in [9.17, 15) is 5.11 Å². The van der Waals surface area contributed by atoms with Crippen LogP contribution in [0.2, 0.25) is 0 Å². The van der Waals surface area contributed by atoms with Gasteiger partial charge in [-0.1, -0.05) is 6.42 Å². The minimum atomic E-state index is -0.114. The molecule has 0 bridgehead atoms. The van der Waals surface area contributed by atoms with Crippen molar-refractivity contribution >= 4 is 31.9 Å². The predicted octanol–water partition coefficient (Wildman–Crippen LogP) is 3.05. The third kappa shape index (κ3) is 3.60. The van der Waals surface area contributed by atoms with E-state index in [-0.39, 0.29) is 11.8 Å². The lowest BCUT2D eigenvalue weighted by atomic mass is 10.0. The average molecular weight is 382 g/mol. The van der Waals surface area contributed by atoms with E-state index < -0.39 is 0 Å². The Morgan fingerprint density at radius 3 is 2.56 bits per heavy atom. The second-order valence-electron chi connectivity index (χ2n) is 4.04. The highest BCUT2D eigenvalue weighted by Gasteiger charge is 2.18. The second-order valence-corrected chi connectivity index (χ2v) is 5.62. The summed E-state index contributed by atoms with van der Waals surface area (Å²) in [6.45, 7) is 0.677. The molecule has 0 aliphatic heterocycles. The van der Waals surface area contributed by atoms with E-state index in [4.69, 9.17) is 16.2 Å². The fourth-order valence-electron chi connectivity index (χ4n) is 1.70. The molecule has 0 saturated carbocycles. The molecule has 0 amide bonds. The Hall–Kier alpha value is -0.300. The molecule has 0 saturated heterocycles. The first-order valence-electron chi connectivity index (χ1n) is 5.73. The SMILES string of the molecule is COc1cc([C@H](N)CCCCN)c(Br)c(Br)c1O. The lowest BCUT2D eigenvalue weighted by molar-refractivity contribution is 0.370. The molecule has 1 rings (SSSR count). The van der Waals surface area contributed by atoms with Gasteiger partial charge in [0.2, 0.25) is 0 Å². The number of hydrogen-bond acceptors (Lipinski definition) is 4. The van der Waals surface area contributed by atoms with Gasteiger partial charge in [0.25, 0.3) is 0 Å². The molecule has 0 fully saturated rings. The number of rotatable bonds is 6. The van der Waals surface area contributed by atoms with Gasteiger partial charge in [-0.15, -0.1) is 0 Å². The van der Waals surface area contributed by atoms with Crippen LogP contribution in [0.4, 0.5) is 0 Å². The van der Waals surface area contributed by atoms with E-state index in [1.807, 2.05) is 0 Å². The molecule has 0 heterocycles. The van der Waals surface area contributed by atoms with Crippen molar-refractivity contribution in [2.24, 2.45) is 11.5 Å². The molecule has 1 aromatic rings. The third-order valence-electron chi connectivity index (χ3n) is 2.76. The van der Waals surface area contributed by atoms with Crippen LogP contribution < -0.4 is 16.2 Å². The van der Waals surface area contributed by atoms with Gasteiger partial charge in [-0.2, -0.15) is 0 Å². The van der Waals surface area contributed by atoms with Crippen molar-refractivity contribution in [3.05, 3.63) is 20.6 Å². The van der Waals surface area contributed by atoms with Crippen LogP contribution in [0.1, 0.15) is 30.9 Å². The normalized spacial score (nSPS) is 12.5. The van der Waals surface area contributed by atoms with Gasteiger partial charge in [-0.25, -0.2) is 0 Å². The maximum atomic E-state index is 9.84. The number of benzene rings is 1. The van der Waals surface area contributed by atoms with Crippen molar-refractivity contribution in [3.63, 3.8) is 0 Å².